The van der Waals surface area contributed by atoms with E-state index in [0.717, 1.165) is 29.7 Å². The molecule has 1 heterocycles. The van der Waals surface area contributed by atoms with Crippen molar-refractivity contribution in [3.8, 4) is 0 Å². The van der Waals surface area contributed by atoms with Crippen molar-refractivity contribution in [3.05, 3.63) is 60.2 Å². The molecule has 3 aromatic rings. The summed E-state index contributed by atoms with van der Waals surface area (Å²) >= 11 is 1.49. The molecule has 2 aromatic carbocycles. The SMILES string of the molecule is NC(C(=O)NCCCNc1nsc2ccccc12)c1ccccc1. The maximum atomic E-state index is 12.0. The fraction of sp³-hybridized carbons (Fsp3) is 0.222. The highest BCUT2D eigenvalue weighted by atomic mass is 32.1. The van der Waals surface area contributed by atoms with Gasteiger partial charge in [0.25, 0.3) is 0 Å². The number of amides is 1. The monoisotopic (exact) mass is 340 g/mol. The third kappa shape index (κ3) is 3.90. The van der Waals surface area contributed by atoms with E-state index in [-0.39, 0.29) is 5.91 Å². The van der Waals surface area contributed by atoms with E-state index in [1.54, 1.807) is 0 Å². The maximum absolute atomic E-state index is 12.0. The molecule has 1 amide bonds. The van der Waals surface area contributed by atoms with Crippen molar-refractivity contribution in [2.45, 2.75) is 12.5 Å². The van der Waals surface area contributed by atoms with Crippen molar-refractivity contribution in [1.29, 1.82) is 0 Å². The van der Waals surface area contributed by atoms with Crippen LogP contribution in [0.1, 0.15) is 18.0 Å². The molecular weight excluding hydrogens is 320 g/mol. The van der Waals surface area contributed by atoms with Crippen molar-refractivity contribution >= 4 is 33.3 Å². The Labute approximate surface area is 145 Å². The molecule has 0 fully saturated rings. The van der Waals surface area contributed by atoms with Gasteiger partial charge in [0, 0.05) is 18.5 Å². The topological polar surface area (TPSA) is 80.0 Å². The highest BCUT2D eigenvalue weighted by molar-refractivity contribution is 7.13. The molecule has 124 valence electrons. The molecule has 0 bridgehead atoms. The predicted octanol–water partition coefficient (Wildman–Crippen LogP) is 2.91. The normalized spacial score (nSPS) is 12.0. The molecule has 0 saturated heterocycles. The van der Waals surface area contributed by atoms with Gasteiger partial charge in [-0.1, -0.05) is 42.5 Å². The van der Waals surface area contributed by atoms with E-state index >= 15 is 0 Å². The third-order valence-electron chi connectivity index (χ3n) is 3.76. The zero-order valence-electron chi connectivity index (χ0n) is 13.2. The van der Waals surface area contributed by atoms with Crippen LogP contribution in [0, 0.1) is 0 Å². The minimum Gasteiger partial charge on any atom is -0.369 e. The van der Waals surface area contributed by atoms with Crippen LogP contribution < -0.4 is 16.4 Å². The van der Waals surface area contributed by atoms with Crippen LogP contribution in [0.15, 0.2) is 54.6 Å². The largest absolute Gasteiger partial charge is 0.369 e. The molecule has 0 saturated carbocycles. The lowest BCUT2D eigenvalue weighted by Crippen LogP contribution is -2.35. The van der Waals surface area contributed by atoms with Gasteiger partial charge in [0.2, 0.25) is 5.91 Å². The number of nitrogens with zero attached hydrogens (tertiary/aromatic N) is 1. The summed E-state index contributed by atoms with van der Waals surface area (Å²) in [6, 6.07) is 16.9. The van der Waals surface area contributed by atoms with E-state index in [9.17, 15) is 4.79 Å². The summed E-state index contributed by atoms with van der Waals surface area (Å²) in [6.07, 6.45) is 0.805. The van der Waals surface area contributed by atoms with Crippen molar-refractivity contribution in [2.75, 3.05) is 18.4 Å². The van der Waals surface area contributed by atoms with Crippen LogP contribution in [0.2, 0.25) is 0 Å². The van der Waals surface area contributed by atoms with Gasteiger partial charge in [0.15, 0.2) is 0 Å². The summed E-state index contributed by atoms with van der Waals surface area (Å²) in [5.74, 6) is 0.753. The zero-order chi connectivity index (χ0) is 16.8. The zero-order valence-corrected chi connectivity index (χ0v) is 14.1. The lowest BCUT2D eigenvalue weighted by Gasteiger charge is -2.12. The number of carbonyl (C=O) groups excluding carboxylic acids is 1. The van der Waals surface area contributed by atoms with Crippen LogP contribution in [0.3, 0.4) is 0 Å². The second-order valence-electron chi connectivity index (χ2n) is 5.49. The molecule has 6 heteroatoms. The fourth-order valence-corrected chi connectivity index (χ4v) is 3.20. The van der Waals surface area contributed by atoms with E-state index in [0.29, 0.717) is 6.54 Å². The number of hydrogen-bond donors (Lipinski definition) is 3. The Morgan fingerprint density at radius 2 is 1.83 bits per heavy atom. The van der Waals surface area contributed by atoms with Crippen LogP contribution in [0.25, 0.3) is 10.1 Å². The van der Waals surface area contributed by atoms with E-state index in [4.69, 9.17) is 5.73 Å². The van der Waals surface area contributed by atoms with Gasteiger partial charge >= 0.3 is 0 Å². The molecule has 0 spiro atoms. The Hall–Kier alpha value is -2.44. The number of anilines is 1. The number of aromatic nitrogens is 1. The van der Waals surface area contributed by atoms with Crippen LogP contribution in [0.4, 0.5) is 5.82 Å². The number of nitrogens with two attached hydrogens (primary N) is 1. The van der Waals surface area contributed by atoms with Gasteiger partial charge in [-0.3, -0.25) is 4.79 Å². The summed E-state index contributed by atoms with van der Waals surface area (Å²) in [6.45, 7) is 1.32. The van der Waals surface area contributed by atoms with Crippen molar-refractivity contribution in [2.24, 2.45) is 5.73 Å². The molecule has 0 aliphatic heterocycles. The van der Waals surface area contributed by atoms with Gasteiger partial charge in [-0.2, -0.15) is 4.37 Å². The summed E-state index contributed by atoms with van der Waals surface area (Å²) in [7, 11) is 0. The van der Waals surface area contributed by atoms with E-state index in [1.807, 2.05) is 42.5 Å². The van der Waals surface area contributed by atoms with E-state index in [1.165, 1.54) is 16.2 Å². The van der Waals surface area contributed by atoms with E-state index in [2.05, 4.69) is 27.1 Å². The quantitative estimate of drug-likeness (QED) is 0.578. The van der Waals surface area contributed by atoms with Gasteiger partial charge in [0.1, 0.15) is 11.9 Å². The maximum Gasteiger partial charge on any atom is 0.241 e. The molecule has 0 radical (unpaired) electrons. The van der Waals surface area contributed by atoms with Crippen molar-refractivity contribution in [1.82, 2.24) is 9.69 Å². The summed E-state index contributed by atoms with van der Waals surface area (Å²) in [5, 5.41) is 7.33. The van der Waals surface area contributed by atoms with Crippen LogP contribution in [-0.4, -0.2) is 23.4 Å². The van der Waals surface area contributed by atoms with Crippen LogP contribution >= 0.6 is 11.5 Å². The van der Waals surface area contributed by atoms with Gasteiger partial charge in [-0.05, 0) is 35.6 Å². The minimum absolute atomic E-state index is 0.152. The molecule has 1 atom stereocenters. The molecule has 0 aliphatic carbocycles. The average molecular weight is 340 g/mol. The Balaban J connectivity index is 1.42. The molecular formula is C18H20N4OS. The summed E-state index contributed by atoms with van der Waals surface area (Å²) < 4.78 is 5.59. The molecule has 0 aliphatic rings. The molecule has 5 nitrogen and oxygen atoms in total. The predicted molar refractivity (Wildman–Crippen MR) is 99.1 cm³/mol. The Bertz CT molecular complexity index is 803. The first-order chi connectivity index (χ1) is 11.8. The van der Waals surface area contributed by atoms with Crippen molar-refractivity contribution in [3.63, 3.8) is 0 Å². The minimum atomic E-state index is -0.623. The first kappa shape index (κ1) is 16.4. The smallest absolute Gasteiger partial charge is 0.241 e. The average Bonchev–Trinajstić information content (AvgIpc) is 3.04. The van der Waals surface area contributed by atoms with Crippen molar-refractivity contribution < 1.29 is 4.79 Å². The van der Waals surface area contributed by atoms with Gasteiger partial charge in [-0.15, -0.1) is 0 Å². The van der Waals surface area contributed by atoms with Gasteiger partial charge in [-0.25, -0.2) is 0 Å². The third-order valence-corrected chi connectivity index (χ3v) is 4.59. The summed E-state index contributed by atoms with van der Waals surface area (Å²) in [4.78, 5) is 12.0. The number of hydrogen-bond acceptors (Lipinski definition) is 5. The standard InChI is InChI=1S/C18H20N4OS/c19-16(13-7-2-1-3-8-13)18(23)21-12-6-11-20-17-14-9-4-5-10-15(14)24-22-17/h1-5,7-10,16H,6,11-12,19H2,(H,20,22)(H,21,23). The van der Waals surface area contributed by atoms with Crippen LogP contribution in [0.5, 0.6) is 0 Å². The Morgan fingerprint density at radius 3 is 2.67 bits per heavy atom. The Morgan fingerprint density at radius 1 is 1.08 bits per heavy atom. The highest BCUT2D eigenvalue weighted by Gasteiger charge is 2.14. The Kier molecular flexibility index (Phi) is 5.40. The highest BCUT2D eigenvalue weighted by Crippen LogP contribution is 2.25. The molecule has 1 unspecified atom stereocenters. The second-order valence-corrected chi connectivity index (χ2v) is 6.29. The number of fused-ring (bicyclic) bond motifs is 1. The number of carbonyl (C=O) groups is 1. The summed E-state index contributed by atoms with van der Waals surface area (Å²) in [5.41, 5.74) is 6.78. The molecule has 1 aromatic heterocycles. The molecule has 24 heavy (non-hydrogen) atoms. The van der Waals surface area contributed by atoms with E-state index < -0.39 is 6.04 Å². The van der Waals surface area contributed by atoms with Gasteiger partial charge < -0.3 is 16.4 Å². The van der Waals surface area contributed by atoms with Gasteiger partial charge in [0.05, 0.1) is 4.70 Å². The second kappa shape index (κ2) is 7.90. The van der Waals surface area contributed by atoms with Crippen LogP contribution in [-0.2, 0) is 4.79 Å². The first-order valence-corrected chi connectivity index (χ1v) is 8.69. The number of benzene rings is 2. The molecule has 4 N–H and O–H groups in total. The fourth-order valence-electron chi connectivity index (χ4n) is 2.44. The molecule has 3 rings (SSSR count). The lowest BCUT2D eigenvalue weighted by molar-refractivity contribution is -0.122. The number of nitrogens with one attached hydrogen (secondary N) is 2. The lowest BCUT2D eigenvalue weighted by atomic mass is 10.1. The first-order valence-electron chi connectivity index (χ1n) is 7.92. The number of rotatable bonds is 7.